The highest BCUT2D eigenvalue weighted by atomic mass is 16.5. The zero-order valence-electron chi connectivity index (χ0n) is 30.5. The van der Waals surface area contributed by atoms with E-state index in [9.17, 15) is 9.59 Å². The Balaban J connectivity index is 0.951. The lowest BCUT2D eigenvalue weighted by Crippen LogP contribution is -2.29. The third-order valence-corrected chi connectivity index (χ3v) is 14.1. The lowest BCUT2D eigenvalue weighted by molar-refractivity contribution is 0.0108. The van der Waals surface area contributed by atoms with Gasteiger partial charge in [-0.3, -0.25) is 0 Å². The number of esters is 2. The number of carbonyl (C=O) groups is 2. The number of rotatable bonds is 6. The van der Waals surface area contributed by atoms with Crippen LogP contribution in [-0.4, -0.2) is 24.1 Å². The first-order valence-corrected chi connectivity index (χ1v) is 20.6. The van der Waals surface area contributed by atoms with Crippen molar-refractivity contribution in [2.45, 2.75) is 128 Å². The van der Waals surface area contributed by atoms with Gasteiger partial charge in [0, 0.05) is 0 Å². The topological polar surface area (TPSA) is 52.6 Å². The number of hydrogen-bond donors (Lipinski definition) is 0. The van der Waals surface area contributed by atoms with E-state index >= 15 is 0 Å². The zero-order chi connectivity index (χ0) is 34.5. The molecule has 0 N–H and O–H groups in total. The number of ether oxygens (including phenoxy) is 2. The minimum Gasteiger partial charge on any atom is -0.459 e. The second-order valence-corrected chi connectivity index (χ2v) is 17.1. The fourth-order valence-corrected chi connectivity index (χ4v) is 11.2. The van der Waals surface area contributed by atoms with Crippen LogP contribution in [0.1, 0.15) is 137 Å². The van der Waals surface area contributed by atoms with Crippen molar-refractivity contribution in [3.8, 4) is 0 Å². The summed E-state index contributed by atoms with van der Waals surface area (Å²) in [6, 6.07) is 20.7. The lowest BCUT2D eigenvalue weighted by atomic mass is 9.71. The quantitative estimate of drug-likeness (QED) is 0.102. The number of benzene rings is 5. The van der Waals surface area contributed by atoms with Crippen molar-refractivity contribution in [2.75, 3.05) is 0 Å². The largest absolute Gasteiger partial charge is 0.459 e. The van der Waals surface area contributed by atoms with E-state index in [1.54, 1.807) is 0 Å². The van der Waals surface area contributed by atoms with Crippen LogP contribution in [0, 0.1) is 29.6 Å². The second kappa shape index (κ2) is 14.1. The zero-order valence-corrected chi connectivity index (χ0v) is 30.5. The van der Waals surface area contributed by atoms with Gasteiger partial charge in [-0.25, -0.2) is 9.59 Å². The van der Waals surface area contributed by atoms with Crippen LogP contribution in [0.2, 0.25) is 0 Å². The van der Waals surface area contributed by atoms with E-state index in [1.165, 1.54) is 83.5 Å². The van der Waals surface area contributed by atoms with Gasteiger partial charge in [0.1, 0.15) is 12.2 Å². The van der Waals surface area contributed by atoms with Gasteiger partial charge in [0.15, 0.2) is 0 Å². The summed E-state index contributed by atoms with van der Waals surface area (Å²) in [7, 11) is 0. The Kier molecular flexibility index (Phi) is 9.15. The van der Waals surface area contributed by atoms with Crippen molar-refractivity contribution in [2.24, 2.45) is 29.6 Å². The second-order valence-electron chi connectivity index (χ2n) is 17.1. The summed E-state index contributed by atoms with van der Waals surface area (Å²) >= 11 is 0. The summed E-state index contributed by atoms with van der Waals surface area (Å²) < 4.78 is 12.5. The fraction of sp³-hybridized carbons (Fsp3) is 0.532. The molecule has 9 rings (SSSR count). The van der Waals surface area contributed by atoms with Crippen molar-refractivity contribution >= 4 is 55.0 Å². The predicted octanol–water partition coefficient (Wildman–Crippen LogP) is 12.6. The first-order valence-electron chi connectivity index (χ1n) is 20.6. The molecule has 0 radical (unpaired) electrons. The van der Waals surface area contributed by atoms with Crippen LogP contribution < -0.4 is 0 Å². The molecule has 5 aromatic carbocycles. The monoisotopic (exact) mass is 682 g/mol. The molecule has 4 heteroatoms. The van der Waals surface area contributed by atoms with Crippen molar-refractivity contribution in [1.82, 2.24) is 0 Å². The number of fused-ring (bicyclic) bond motifs is 2. The van der Waals surface area contributed by atoms with E-state index in [1.807, 2.05) is 12.1 Å². The lowest BCUT2D eigenvalue weighted by Gasteiger charge is -2.37. The average molecular weight is 683 g/mol. The van der Waals surface area contributed by atoms with E-state index in [2.05, 4.69) is 55.5 Å². The maximum atomic E-state index is 13.8. The van der Waals surface area contributed by atoms with Gasteiger partial charge in [0.2, 0.25) is 0 Å². The third-order valence-electron chi connectivity index (χ3n) is 14.1. The Hall–Kier alpha value is -3.66. The smallest absolute Gasteiger partial charge is 0.339 e. The molecule has 4 fully saturated rings. The highest BCUT2D eigenvalue weighted by Crippen LogP contribution is 2.44. The van der Waals surface area contributed by atoms with Crippen molar-refractivity contribution in [3.63, 3.8) is 0 Å². The van der Waals surface area contributed by atoms with Crippen LogP contribution in [0.15, 0.2) is 60.7 Å². The summed E-state index contributed by atoms with van der Waals surface area (Å²) in [5.41, 5.74) is 1.29. The molecule has 4 saturated carbocycles. The molecule has 0 bridgehead atoms. The van der Waals surface area contributed by atoms with E-state index in [0.29, 0.717) is 11.1 Å². The molecule has 4 aliphatic rings. The SMILES string of the molecule is C[C@H]1CC[C@H]([C@H]2CC[C@H](OC(=O)c3ccc4c5cccc6c(C(=O)O[C@H]7CC[C@H](C8CCCCC8)CC7)ccc(c7cccc3c74)c65)CC2)CC1. The molecule has 5 aromatic rings. The Labute approximate surface area is 303 Å². The predicted molar refractivity (Wildman–Crippen MR) is 208 cm³/mol. The molecule has 4 nitrogen and oxygen atoms in total. The summed E-state index contributed by atoms with van der Waals surface area (Å²) in [6.45, 7) is 2.39. The number of carbonyl (C=O) groups excluding carboxylic acids is 2. The Morgan fingerprint density at radius 3 is 1.25 bits per heavy atom. The standard InChI is InChI=1S/C47H54O4/c1-29-13-15-31(16-14-29)33-19-23-35(24-20-33)51-47(49)43-28-26-41-36-9-5-11-38-42(27-25-40(44(36)38)37-10-6-12-39(43)45(37)41)46(48)50-34-21-17-32(18-22-34)30-7-3-2-4-8-30/h5-6,9-12,25-35H,2-4,7-8,13-24H2,1H3/t29-,31-,32-,33-,34-,35-. The molecular formula is C47H54O4. The van der Waals surface area contributed by atoms with E-state index in [0.717, 1.165) is 98.4 Å². The molecular weight excluding hydrogens is 629 g/mol. The van der Waals surface area contributed by atoms with Crippen LogP contribution in [0.3, 0.4) is 0 Å². The van der Waals surface area contributed by atoms with Crippen LogP contribution in [0.4, 0.5) is 0 Å². The summed E-state index contributed by atoms with van der Waals surface area (Å²) in [4.78, 5) is 27.6. The highest BCUT2D eigenvalue weighted by molar-refractivity contribution is 6.35. The molecule has 0 amide bonds. The van der Waals surface area contributed by atoms with Gasteiger partial charge >= 0.3 is 11.9 Å². The van der Waals surface area contributed by atoms with E-state index < -0.39 is 0 Å². The van der Waals surface area contributed by atoms with Gasteiger partial charge in [-0.05, 0) is 149 Å². The first kappa shape index (κ1) is 33.2. The van der Waals surface area contributed by atoms with Gasteiger partial charge in [0.05, 0.1) is 11.1 Å². The van der Waals surface area contributed by atoms with Crippen LogP contribution >= 0.6 is 0 Å². The Morgan fingerprint density at radius 1 is 0.431 bits per heavy atom. The molecule has 266 valence electrons. The molecule has 0 heterocycles. The molecule has 0 aliphatic heterocycles. The van der Waals surface area contributed by atoms with Gasteiger partial charge in [0.25, 0.3) is 0 Å². The minimum absolute atomic E-state index is 0.00153. The van der Waals surface area contributed by atoms with Crippen molar-refractivity contribution in [1.29, 1.82) is 0 Å². The Bertz CT molecular complexity index is 2010. The minimum atomic E-state index is -0.205. The first-order chi connectivity index (χ1) is 25.0. The van der Waals surface area contributed by atoms with Crippen LogP contribution in [0.5, 0.6) is 0 Å². The molecule has 0 atom stereocenters. The van der Waals surface area contributed by atoms with Gasteiger partial charge < -0.3 is 9.47 Å². The van der Waals surface area contributed by atoms with E-state index in [-0.39, 0.29) is 24.1 Å². The Morgan fingerprint density at radius 2 is 0.804 bits per heavy atom. The molecule has 0 saturated heterocycles. The van der Waals surface area contributed by atoms with Crippen molar-refractivity contribution in [3.05, 3.63) is 71.8 Å². The number of hydrogen-bond acceptors (Lipinski definition) is 4. The van der Waals surface area contributed by atoms with Gasteiger partial charge in [-0.2, -0.15) is 0 Å². The van der Waals surface area contributed by atoms with Gasteiger partial charge in [-0.1, -0.05) is 100 Å². The van der Waals surface area contributed by atoms with E-state index in [4.69, 9.17) is 9.47 Å². The maximum Gasteiger partial charge on any atom is 0.339 e. The van der Waals surface area contributed by atoms with Crippen molar-refractivity contribution < 1.29 is 19.1 Å². The van der Waals surface area contributed by atoms with Gasteiger partial charge in [-0.15, -0.1) is 0 Å². The molecule has 51 heavy (non-hydrogen) atoms. The molecule has 4 aliphatic carbocycles. The maximum absolute atomic E-state index is 13.8. The molecule has 0 unspecified atom stereocenters. The molecule has 0 spiro atoms. The molecule has 0 aromatic heterocycles. The van der Waals surface area contributed by atoms with Crippen LogP contribution in [-0.2, 0) is 9.47 Å². The fourth-order valence-electron chi connectivity index (χ4n) is 11.2. The third kappa shape index (κ3) is 6.29. The summed E-state index contributed by atoms with van der Waals surface area (Å²) in [5.74, 6) is 3.82. The van der Waals surface area contributed by atoms with Crippen LogP contribution in [0.25, 0.3) is 43.1 Å². The highest BCUT2D eigenvalue weighted by Gasteiger charge is 2.33. The average Bonchev–Trinajstić information content (AvgIpc) is 3.17. The normalized spacial score (nSPS) is 28.0. The summed E-state index contributed by atoms with van der Waals surface area (Å²) in [6.07, 6.45) is 21.1. The summed E-state index contributed by atoms with van der Waals surface area (Å²) in [5, 5.41) is 8.46.